The van der Waals surface area contributed by atoms with Gasteiger partial charge in [-0.1, -0.05) is 0 Å². The van der Waals surface area contributed by atoms with Crippen LogP contribution in [0, 0.1) is 23.7 Å². The van der Waals surface area contributed by atoms with E-state index in [4.69, 9.17) is 4.74 Å². The number of hydrogen-bond donors (Lipinski definition) is 0. The van der Waals surface area contributed by atoms with Gasteiger partial charge in [0, 0.05) is 30.3 Å². The molecule has 5 unspecified atom stereocenters. The lowest BCUT2D eigenvalue weighted by molar-refractivity contribution is -0.156. The van der Waals surface area contributed by atoms with Gasteiger partial charge in [0.05, 0.1) is 4.08 Å². The monoisotopic (exact) mass is 270 g/mol. The van der Waals surface area contributed by atoms with Crippen LogP contribution in [0.3, 0.4) is 0 Å². The van der Waals surface area contributed by atoms with E-state index in [1.165, 1.54) is 30.8 Å². The van der Waals surface area contributed by atoms with Crippen LogP contribution in [0.2, 0.25) is 0 Å². The predicted molar refractivity (Wildman–Crippen MR) is 71.0 cm³/mol. The van der Waals surface area contributed by atoms with Crippen molar-refractivity contribution in [3.63, 3.8) is 0 Å². The summed E-state index contributed by atoms with van der Waals surface area (Å²) in [6.45, 7) is 1.57. The zero-order valence-electron chi connectivity index (χ0n) is 10.1. The Kier molecular flexibility index (Phi) is 2.33. The lowest BCUT2D eigenvalue weighted by Gasteiger charge is -2.40. The molecular weight excluding hydrogens is 252 g/mol. The summed E-state index contributed by atoms with van der Waals surface area (Å²) in [4.78, 5) is 11.3. The highest BCUT2D eigenvalue weighted by molar-refractivity contribution is 8.21. The fourth-order valence-corrected chi connectivity index (χ4v) is 9.10. The highest BCUT2D eigenvalue weighted by Crippen LogP contribution is 2.74. The molecule has 1 saturated heterocycles. The van der Waals surface area contributed by atoms with Gasteiger partial charge in [-0.15, -0.1) is 23.5 Å². The van der Waals surface area contributed by atoms with E-state index in [1.807, 2.05) is 0 Å². The number of hydrogen-bond acceptors (Lipinski definition) is 4. The highest BCUT2D eigenvalue weighted by Gasteiger charge is 2.71. The van der Waals surface area contributed by atoms with Gasteiger partial charge in [0.1, 0.15) is 6.10 Å². The van der Waals surface area contributed by atoms with E-state index < -0.39 is 0 Å². The van der Waals surface area contributed by atoms with E-state index in [0.717, 1.165) is 11.8 Å². The van der Waals surface area contributed by atoms with Gasteiger partial charge in [-0.05, 0) is 31.1 Å². The molecule has 94 valence electrons. The second kappa shape index (κ2) is 3.60. The van der Waals surface area contributed by atoms with Gasteiger partial charge >= 0.3 is 5.97 Å². The number of fused-ring (bicyclic) bond motifs is 1. The summed E-state index contributed by atoms with van der Waals surface area (Å²) in [5.41, 5.74) is 0. The molecule has 4 saturated carbocycles. The quantitative estimate of drug-likeness (QED) is 0.684. The van der Waals surface area contributed by atoms with Crippen molar-refractivity contribution in [2.45, 2.75) is 36.4 Å². The summed E-state index contributed by atoms with van der Waals surface area (Å²) < 4.78 is 6.14. The van der Waals surface area contributed by atoms with Gasteiger partial charge in [0.15, 0.2) is 0 Å². The first-order valence-corrected chi connectivity index (χ1v) is 8.64. The molecule has 4 bridgehead atoms. The maximum absolute atomic E-state index is 11.3. The molecular formula is C13H18O2S2. The molecule has 0 aromatic heterocycles. The highest BCUT2D eigenvalue weighted by atomic mass is 32.2. The third-order valence-electron chi connectivity index (χ3n) is 5.25. The summed E-state index contributed by atoms with van der Waals surface area (Å²) in [6.07, 6.45) is 4.34. The second-order valence-electron chi connectivity index (χ2n) is 5.86. The number of carbonyl (C=O) groups excluding carboxylic acids is 1. The Hall–Kier alpha value is 0.170. The summed E-state index contributed by atoms with van der Waals surface area (Å²) in [7, 11) is 0. The third kappa shape index (κ3) is 1.29. The van der Waals surface area contributed by atoms with Crippen LogP contribution in [0.15, 0.2) is 0 Å². The molecule has 0 N–H and O–H groups in total. The van der Waals surface area contributed by atoms with Crippen molar-refractivity contribution in [1.29, 1.82) is 0 Å². The summed E-state index contributed by atoms with van der Waals surface area (Å²) in [5.74, 6) is 5.52. The van der Waals surface area contributed by atoms with Crippen molar-refractivity contribution in [1.82, 2.24) is 0 Å². The van der Waals surface area contributed by atoms with Gasteiger partial charge in [0.25, 0.3) is 0 Å². The number of thioether (sulfide) groups is 2. The van der Waals surface area contributed by atoms with Crippen LogP contribution in [-0.2, 0) is 9.53 Å². The van der Waals surface area contributed by atoms with Crippen molar-refractivity contribution in [2.24, 2.45) is 23.7 Å². The Labute approximate surface area is 111 Å². The standard InChI is InChI=1S/C13H18O2S2/c1-7(14)15-12-9-3-2-8-6-10(9)13(11(8)12)16-4-5-17-13/h8-12H,2-6H2,1H3. The number of esters is 1. The molecule has 2 nitrogen and oxygen atoms in total. The Balaban J connectivity index is 1.71. The van der Waals surface area contributed by atoms with Crippen molar-refractivity contribution >= 4 is 29.5 Å². The van der Waals surface area contributed by atoms with E-state index >= 15 is 0 Å². The molecule has 1 aliphatic heterocycles. The van der Waals surface area contributed by atoms with Crippen molar-refractivity contribution < 1.29 is 9.53 Å². The van der Waals surface area contributed by atoms with Gasteiger partial charge in [-0.25, -0.2) is 0 Å². The Morgan fingerprint density at radius 3 is 2.76 bits per heavy atom. The molecule has 5 aliphatic rings. The maximum atomic E-state index is 11.3. The van der Waals surface area contributed by atoms with Crippen molar-refractivity contribution in [2.75, 3.05) is 11.5 Å². The molecule has 0 aromatic carbocycles. The van der Waals surface area contributed by atoms with Gasteiger partial charge in [-0.3, -0.25) is 4.79 Å². The SMILES string of the molecule is CC(=O)OC1C2CCC3CC2C2(SCCS2)C31. The minimum atomic E-state index is -0.0728. The lowest BCUT2D eigenvalue weighted by atomic mass is 9.69. The van der Waals surface area contributed by atoms with Crippen LogP contribution in [0.1, 0.15) is 26.2 Å². The van der Waals surface area contributed by atoms with Crippen LogP contribution >= 0.6 is 23.5 Å². The van der Waals surface area contributed by atoms with Crippen LogP contribution in [-0.4, -0.2) is 27.7 Å². The first kappa shape index (κ1) is 11.0. The molecule has 0 amide bonds. The lowest BCUT2D eigenvalue weighted by Crippen LogP contribution is -2.41. The zero-order valence-corrected chi connectivity index (χ0v) is 11.7. The molecule has 4 heteroatoms. The van der Waals surface area contributed by atoms with Crippen LogP contribution in [0.25, 0.3) is 0 Å². The molecule has 4 aliphatic carbocycles. The fraction of sp³-hybridized carbons (Fsp3) is 0.923. The zero-order chi connectivity index (χ0) is 11.6. The van der Waals surface area contributed by atoms with E-state index in [0.29, 0.717) is 15.9 Å². The molecule has 5 fully saturated rings. The van der Waals surface area contributed by atoms with Crippen LogP contribution < -0.4 is 0 Å². The topological polar surface area (TPSA) is 26.3 Å². The van der Waals surface area contributed by atoms with Crippen LogP contribution in [0.4, 0.5) is 0 Å². The van der Waals surface area contributed by atoms with Crippen molar-refractivity contribution in [3.8, 4) is 0 Å². The largest absolute Gasteiger partial charge is 0.462 e. The molecule has 1 spiro atoms. The molecule has 5 atom stereocenters. The summed E-state index contributed by atoms with van der Waals surface area (Å²) in [6, 6.07) is 0. The van der Waals surface area contributed by atoms with E-state index in [-0.39, 0.29) is 12.1 Å². The normalized spacial score (nSPS) is 49.1. The first-order valence-electron chi connectivity index (χ1n) is 6.67. The average molecular weight is 270 g/mol. The van der Waals surface area contributed by atoms with E-state index in [9.17, 15) is 4.79 Å². The number of ether oxygens (including phenoxy) is 1. The predicted octanol–water partition coefficient (Wildman–Crippen LogP) is 2.77. The van der Waals surface area contributed by atoms with E-state index in [2.05, 4.69) is 23.5 Å². The van der Waals surface area contributed by atoms with Crippen LogP contribution in [0.5, 0.6) is 0 Å². The molecule has 0 aromatic rings. The molecule has 0 radical (unpaired) electrons. The van der Waals surface area contributed by atoms with Gasteiger partial charge in [-0.2, -0.15) is 0 Å². The first-order chi connectivity index (χ1) is 8.22. The second-order valence-corrected chi connectivity index (χ2v) is 8.86. The Morgan fingerprint density at radius 2 is 2.06 bits per heavy atom. The minimum absolute atomic E-state index is 0.0728. The molecule has 17 heavy (non-hydrogen) atoms. The number of carbonyl (C=O) groups is 1. The Morgan fingerprint density at radius 1 is 1.29 bits per heavy atom. The van der Waals surface area contributed by atoms with E-state index in [1.54, 1.807) is 6.92 Å². The maximum Gasteiger partial charge on any atom is 0.302 e. The summed E-state index contributed by atoms with van der Waals surface area (Å²) in [5, 5.41) is 0. The average Bonchev–Trinajstić information content (AvgIpc) is 2.92. The molecule has 1 heterocycles. The van der Waals surface area contributed by atoms with Gasteiger partial charge < -0.3 is 4.74 Å². The Bertz CT molecular complexity index is 364. The smallest absolute Gasteiger partial charge is 0.302 e. The minimum Gasteiger partial charge on any atom is -0.462 e. The fourth-order valence-electron chi connectivity index (χ4n) is 4.95. The van der Waals surface area contributed by atoms with Crippen molar-refractivity contribution in [3.05, 3.63) is 0 Å². The summed E-state index contributed by atoms with van der Waals surface area (Å²) >= 11 is 4.36. The molecule has 5 rings (SSSR count). The number of rotatable bonds is 1. The third-order valence-corrected chi connectivity index (χ3v) is 9.08. The van der Waals surface area contributed by atoms with Gasteiger partial charge in [0.2, 0.25) is 0 Å².